The smallest absolute Gasteiger partial charge is 0.320 e. The van der Waals surface area contributed by atoms with E-state index in [0.29, 0.717) is 37.4 Å². The Bertz CT molecular complexity index is 2490. The van der Waals surface area contributed by atoms with Crippen molar-refractivity contribution in [2.24, 2.45) is 11.3 Å². The molecule has 4 aromatic rings. The minimum Gasteiger partial charge on any atom is -0.378 e. The molecule has 346 valence electrons. The van der Waals surface area contributed by atoms with Gasteiger partial charge in [-0.05, 0) is 74.3 Å². The SMILES string of the molecule is CCn1c(-c2cccnc2[C@H](C)OC)c2c3cc(ccc31)-c1csc(n1)C[C@H](NC(=O)[C@H](C(C)C)N(C)C(=O)N1CCS(=O)(=O)CC1)C(=O)N1CCC[C@](C=O)(COCC(C)(C)C2)N1. The number of rotatable bonds is 9. The van der Waals surface area contributed by atoms with Crippen molar-refractivity contribution in [1.29, 1.82) is 0 Å². The van der Waals surface area contributed by atoms with Crippen molar-refractivity contribution in [3.63, 3.8) is 0 Å². The standard InChI is InChI=1S/C46H62N8O8S2/c1-9-53-37-14-13-31-22-33(37)34(41(53)32-12-10-16-47-39(32)30(4)61-8)24-45(5,6)27-62-28-46(26-55)15-11-17-54(50-46)43(57)35(23-38-48-36(31)25-63-38)49-42(56)40(29(2)3)51(7)44(58)52-18-20-64(59,60)21-19-52/h10,12-14,16,22,25-26,29-30,35,40,50H,9,11,15,17-21,23-24,27-28H2,1-8H3,(H,49,56)/t30-,35-,40-,46-/m0/s1. The third kappa shape index (κ3) is 9.76. The van der Waals surface area contributed by atoms with Crippen molar-refractivity contribution in [1.82, 2.24) is 40.1 Å². The molecule has 6 bridgehead atoms. The molecule has 0 unspecified atom stereocenters. The van der Waals surface area contributed by atoms with Crippen molar-refractivity contribution in [2.75, 3.05) is 58.5 Å². The molecule has 0 spiro atoms. The van der Waals surface area contributed by atoms with E-state index in [4.69, 9.17) is 19.4 Å². The van der Waals surface area contributed by atoms with E-state index in [1.54, 1.807) is 13.3 Å². The summed E-state index contributed by atoms with van der Waals surface area (Å²) in [7, 11) is -0.0291. The summed E-state index contributed by atoms with van der Waals surface area (Å²) in [5.41, 5.74) is 8.30. The molecule has 7 rings (SSSR count). The topological polar surface area (TPSA) is 185 Å². The highest BCUT2D eigenvalue weighted by Crippen LogP contribution is 2.42. The summed E-state index contributed by atoms with van der Waals surface area (Å²) >= 11 is 1.39. The number of aryl methyl sites for hydroxylation is 1. The number of likely N-dealkylation sites (N-methyl/N-ethyl adjacent to an activating group) is 1. The van der Waals surface area contributed by atoms with Gasteiger partial charge in [0.1, 0.15) is 23.9 Å². The van der Waals surface area contributed by atoms with E-state index in [1.807, 2.05) is 32.2 Å². The van der Waals surface area contributed by atoms with Gasteiger partial charge in [0.2, 0.25) is 5.91 Å². The fraction of sp³-hybridized carbons (Fsp3) is 0.565. The predicted octanol–water partition coefficient (Wildman–Crippen LogP) is 5.05. The van der Waals surface area contributed by atoms with Crippen LogP contribution in [-0.2, 0) is 53.1 Å². The summed E-state index contributed by atoms with van der Waals surface area (Å²) in [5, 5.41) is 8.03. The molecule has 16 nitrogen and oxygen atoms in total. The minimum absolute atomic E-state index is 0.0164. The first kappa shape index (κ1) is 47.2. The summed E-state index contributed by atoms with van der Waals surface area (Å²) in [4.78, 5) is 68.4. The zero-order chi connectivity index (χ0) is 46.1. The third-order valence-corrected chi connectivity index (χ3v) is 15.2. The summed E-state index contributed by atoms with van der Waals surface area (Å²) in [6, 6.07) is 7.86. The first-order chi connectivity index (χ1) is 30.4. The Hall–Kier alpha value is -4.75. The lowest BCUT2D eigenvalue weighted by Crippen LogP contribution is -2.66. The average Bonchev–Trinajstić information content (AvgIpc) is 3.86. The first-order valence-electron chi connectivity index (χ1n) is 22.1. The number of benzene rings is 1. The van der Waals surface area contributed by atoms with Gasteiger partial charge in [-0.2, -0.15) is 0 Å². The number of aldehydes is 1. The predicted molar refractivity (Wildman–Crippen MR) is 246 cm³/mol. The van der Waals surface area contributed by atoms with Crippen LogP contribution in [0.2, 0.25) is 0 Å². The van der Waals surface area contributed by atoms with Gasteiger partial charge in [-0.15, -0.1) is 11.3 Å². The summed E-state index contributed by atoms with van der Waals surface area (Å²) in [6.45, 7) is 13.5. The lowest BCUT2D eigenvalue weighted by Gasteiger charge is -2.42. The van der Waals surface area contributed by atoms with Crippen LogP contribution >= 0.6 is 11.3 Å². The molecule has 2 fully saturated rings. The van der Waals surface area contributed by atoms with Gasteiger partial charge in [-0.25, -0.2) is 23.6 Å². The molecule has 2 N–H and O–H groups in total. The second-order valence-electron chi connectivity index (χ2n) is 18.5. The maximum atomic E-state index is 14.7. The number of carbonyl (C=O) groups is 4. The number of hydrogen-bond donors (Lipinski definition) is 2. The Morgan fingerprint density at radius 2 is 1.89 bits per heavy atom. The highest BCUT2D eigenvalue weighted by molar-refractivity contribution is 7.91. The number of hydrazine groups is 1. The fourth-order valence-electron chi connectivity index (χ4n) is 9.34. The second-order valence-corrected chi connectivity index (χ2v) is 21.8. The monoisotopic (exact) mass is 918 g/mol. The van der Waals surface area contributed by atoms with Crippen LogP contribution in [0.15, 0.2) is 41.9 Å². The Balaban J connectivity index is 1.29. The molecule has 0 aliphatic carbocycles. The molecule has 0 radical (unpaired) electrons. The van der Waals surface area contributed by atoms with E-state index in [2.05, 4.69) is 60.3 Å². The number of urea groups is 1. The minimum atomic E-state index is -3.24. The Morgan fingerprint density at radius 3 is 2.58 bits per heavy atom. The number of nitrogens with zero attached hydrogens (tertiary/aromatic N) is 6. The molecule has 4 atom stereocenters. The van der Waals surface area contributed by atoms with Crippen molar-refractivity contribution in [2.45, 2.75) is 97.5 Å². The molecule has 3 aliphatic heterocycles. The molecule has 6 heterocycles. The number of amides is 4. The van der Waals surface area contributed by atoms with E-state index in [9.17, 15) is 27.6 Å². The number of pyridine rings is 1. The van der Waals surface area contributed by atoms with Crippen molar-refractivity contribution in [3.8, 4) is 22.5 Å². The van der Waals surface area contributed by atoms with Crippen LogP contribution in [0.25, 0.3) is 33.4 Å². The van der Waals surface area contributed by atoms with E-state index >= 15 is 0 Å². The Morgan fingerprint density at radius 1 is 1.14 bits per heavy atom. The number of hydrogen-bond acceptors (Lipinski definition) is 12. The zero-order valence-electron chi connectivity index (χ0n) is 38.2. The van der Waals surface area contributed by atoms with Gasteiger partial charge in [0.25, 0.3) is 5.91 Å². The molecular formula is C46H62N8O8S2. The number of sulfone groups is 1. The van der Waals surface area contributed by atoms with Crippen LogP contribution in [0.3, 0.4) is 0 Å². The van der Waals surface area contributed by atoms with E-state index in [0.717, 1.165) is 51.0 Å². The van der Waals surface area contributed by atoms with Crippen LogP contribution < -0.4 is 10.7 Å². The fourth-order valence-corrected chi connectivity index (χ4v) is 11.4. The van der Waals surface area contributed by atoms with Crippen LogP contribution in [-0.4, -0.2) is 138 Å². The average molecular weight is 919 g/mol. The van der Waals surface area contributed by atoms with Crippen molar-refractivity contribution < 1.29 is 37.1 Å². The van der Waals surface area contributed by atoms with Gasteiger partial charge in [-0.1, -0.05) is 33.8 Å². The Kier molecular flexibility index (Phi) is 14.0. The summed E-state index contributed by atoms with van der Waals surface area (Å²) in [6.07, 6.45) is 3.98. The molecule has 3 aromatic heterocycles. The summed E-state index contributed by atoms with van der Waals surface area (Å²) < 4.78 is 38.8. The number of carbonyl (C=O) groups excluding carboxylic acids is 4. The van der Waals surface area contributed by atoms with E-state index < -0.39 is 50.7 Å². The maximum Gasteiger partial charge on any atom is 0.320 e. The Labute approximate surface area is 380 Å². The highest BCUT2D eigenvalue weighted by Gasteiger charge is 2.42. The van der Waals surface area contributed by atoms with Crippen LogP contribution in [0, 0.1) is 11.3 Å². The molecule has 4 amide bonds. The second kappa shape index (κ2) is 19.0. The van der Waals surface area contributed by atoms with Crippen LogP contribution in [0.4, 0.5) is 4.79 Å². The molecular weight excluding hydrogens is 857 g/mol. The normalized spacial score (nSPS) is 22.5. The van der Waals surface area contributed by atoms with Crippen LogP contribution in [0.5, 0.6) is 0 Å². The zero-order valence-corrected chi connectivity index (χ0v) is 39.8. The largest absolute Gasteiger partial charge is 0.378 e. The number of nitrogens with one attached hydrogen (secondary N) is 2. The van der Waals surface area contributed by atoms with Gasteiger partial charge in [0.15, 0.2) is 9.84 Å². The molecule has 18 heteroatoms. The number of thiazole rings is 1. The summed E-state index contributed by atoms with van der Waals surface area (Å²) in [5.74, 6) is -1.65. The lowest BCUT2D eigenvalue weighted by molar-refractivity contribution is -0.147. The van der Waals surface area contributed by atoms with Gasteiger partial charge in [0.05, 0.1) is 52.9 Å². The maximum absolute atomic E-state index is 14.7. The first-order valence-corrected chi connectivity index (χ1v) is 24.8. The van der Waals surface area contributed by atoms with Crippen LogP contribution in [0.1, 0.15) is 76.8 Å². The number of ether oxygens (including phenoxy) is 2. The molecule has 3 aliphatic rings. The third-order valence-electron chi connectivity index (χ3n) is 12.8. The highest BCUT2D eigenvalue weighted by atomic mass is 32.2. The molecule has 2 saturated heterocycles. The van der Waals surface area contributed by atoms with E-state index in [-0.39, 0.29) is 56.2 Å². The van der Waals surface area contributed by atoms with Gasteiger partial charge in [-0.3, -0.25) is 19.6 Å². The number of methoxy groups -OCH3 is 1. The van der Waals surface area contributed by atoms with Gasteiger partial charge >= 0.3 is 6.03 Å². The van der Waals surface area contributed by atoms with E-state index in [1.165, 1.54) is 33.2 Å². The van der Waals surface area contributed by atoms with Gasteiger partial charge < -0.3 is 34.0 Å². The van der Waals surface area contributed by atoms with Crippen molar-refractivity contribution >= 4 is 56.2 Å². The quantitative estimate of drug-likeness (QED) is 0.214. The number of fused-ring (bicyclic) bond motifs is 6. The van der Waals surface area contributed by atoms with Gasteiger partial charge in [0, 0.05) is 80.4 Å². The lowest BCUT2D eigenvalue weighted by atomic mass is 9.84. The molecule has 1 aromatic carbocycles. The number of aromatic nitrogens is 3. The molecule has 0 saturated carbocycles. The van der Waals surface area contributed by atoms with Crippen molar-refractivity contribution in [3.05, 3.63) is 58.2 Å². The molecule has 64 heavy (non-hydrogen) atoms.